The summed E-state index contributed by atoms with van der Waals surface area (Å²) in [4.78, 5) is 52.1. The number of carbonyl (C=O) groups is 3. The monoisotopic (exact) mass is 423 g/mol. The Labute approximate surface area is 177 Å². The molecular weight excluding hydrogens is 402 g/mol. The number of carbonyl (C=O) groups excluding carboxylic acids is 3. The third-order valence-electron chi connectivity index (χ3n) is 5.80. The van der Waals surface area contributed by atoms with E-state index >= 15 is 0 Å². The van der Waals surface area contributed by atoms with Crippen molar-refractivity contribution in [2.45, 2.75) is 19.9 Å². The number of nitrogens with zero attached hydrogens (tertiary/aromatic N) is 4. The molecular formula is C21H21N5O3S. The summed E-state index contributed by atoms with van der Waals surface area (Å²) in [5.41, 5.74) is 3.66. The minimum Gasteiger partial charge on any atom is -0.345 e. The highest BCUT2D eigenvalue weighted by molar-refractivity contribution is 7.17. The Kier molecular flexibility index (Phi) is 4.35. The van der Waals surface area contributed by atoms with Gasteiger partial charge in [0.25, 0.3) is 11.8 Å². The minimum atomic E-state index is -0.118. The van der Waals surface area contributed by atoms with Gasteiger partial charge in [-0.05, 0) is 31.0 Å². The lowest BCUT2D eigenvalue weighted by atomic mass is 10.0. The molecule has 8 nitrogen and oxygen atoms in total. The first-order valence-electron chi connectivity index (χ1n) is 9.91. The molecule has 0 atom stereocenters. The second kappa shape index (κ2) is 6.94. The first-order chi connectivity index (χ1) is 14.5. The lowest BCUT2D eigenvalue weighted by Crippen LogP contribution is -2.38. The van der Waals surface area contributed by atoms with Crippen LogP contribution in [-0.4, -0.2) is 64.2 Å². The molecule has 2 aliphatic rings. The van der Waals surface area contributed by atoms with Crippen LogP contribution in [0.4, 0.5) is 5.00 Å². The molecule has 0 unspecified atom stereocenters. The molecule has 0 fully saturated rings. The molecule has 2 aromatic heterocycles. The molecule has 154 valence electrons. The zero-order valence-corrected chi connectivity index (χ0v) is 17.6. The lowest BCUT2D eigenvalue weighted by Gasteiger charge is -2.27. The standard InChI is InChI=1S/C21H21N5O3S/c1-3-26-16(27)10-24(2)20(29)17-12-7-8-25(9-15(12)30-21(17)26)19(28)13-5-4-6-14-18(13)23-11-22-14/h4-6,11H,3,7-10H2,1-2H3,(H,22,23). The number of thiophene rings is 1. The Morgan fingerprint density at radius 1 is 1.27 bits per heavy atom. The first kappa shape index (κ1) is 18.8. The van der Waals surface area contributed by atoms with Crippen molar-refractivity contribution in [1.29, 1.82) is 0 Å². The molecule has 0 bridgehead atoms. The lowest BCUT2D eigenvalue weighted by molar-refractivity contribution is -0.118. The molecule has 2 aliphatic heterocycles. The molecule has 0 spiro atoms. The molecule has 0 saturated heterocycles. The highest BCUT2D eigenvalue weighted by Gasteiger charge is 2.37. The number of anilines is 1. The van der Waals surface area contributed by atoms with E-state index in [1.807, 2.05) is 19.1 Å². The Bertz CT molecular complexity index is 1200. The van der Waals surface area contributed by atoms with E-state index in [0.29, 0.717) is 47.7 Å². The minimum absolute atomic E-state index is 0.0752. The van der Waals surface area contributed by atoms with Crippen molar-refractivity contribution in [2.75, 3.05) is 31.6 Å². The first-order valence-corrected chi connectivity index (χ1v) is 10.7. The van der Waals surface area contributed by atoms with Crippen molar-refractivity contribution < 1.29 is 14.4 Å². The number of imidazole rings is 1. The van der Waals surface area contributed by atoms with Crippen LogP contribution in [0.1, 0.15) is 38.1 Å². The maximum Gasteiger partial charge on any atom is 0.257 e. The van der Waals surface area contributed by atoms with Crippen LogP contribution in [0.5, 0.6) is 0 Å². The summed E-state index contributed by atoms with van der Waals surface area (Å²) in [6, 6.07) is 5.53. The summed E-state index contributed by atoms with van der Waals surface area (Å²) in [7, 11) is 1.66. The van der Waals surface area contributed by atoms with E-state index in [0.717, 1.165) is 16.0 Å². The zero-order chi connectivity index (χ0) is 21.0. The van der Waals surface area contributed by atoms with Crippen LogP contribution in [0.3, 0.4) is 0 Å². The average molecular weight is 423 g/mol. The van der Waals surface area contributed by atoms with E-state index in [1.54, 1.807) is 29.2 Å². The van der Waals surface area contributed by atoms with Gasteiger partial charge in [0.05, 0.1) is 29.5 Å². The van der Waals surface area contributed by atoms with Crippen LogP contribution in [0.15, 0.2) is 24.5 Å². The Morgan fingerprint density at radius 2 is 2.10 bits per heavy atom. The normalized spacial score (nSPS) is 16.7. The van der Waals surface area contributed by atoms with E-state index < -0.39 is 0 Å². The van der Waals surface area contributed by atoms with Gasteiger partial charge >= 0.3 is 0 Å². The van der Waals surface area contributed by atoms with Crippen LogP contribution in [0.2, 0.25) is 0 Å². The van der Waals surface area contributed by atoms with E-state index in [4.69, 9.17) is 0 Å². The average Bonchev–Trinajstić information content (AvgIpc) is 3.35. The van der Waals surface area contributed by atoms with Crippen molar-refractivity contribution in [3.05, 3.63) is 46.1 Å². The number of aromatic nitrogens is 2. The van der Waals surface area contributed by atoms with Gasteiger partial charge < -0.3 is 19.7 Å². The molecule has 0 aliphatic carbocycles. The number of aromatic amines is 1. The molecule has 5 rings (SSSR count). The number of rotatable bonds is 2. The van der Waals surface area contributed by atoms with Crippen LogP contribution in [-0.2, 0) is 17.8 Å². The topological polar surface area (TPSA) is 89.6 Å². The molecule has 1 aromatic carbocycles. The molecule has 0 radical (unpaired) electrons. The van der Waals surface area contributed by atoms with Crippen molar-refractivity contribution in [2.24, 2.45) is 0 Å². The summed E-state index contributed by atoms with van der Waals surface area (Å²) in [5.74, 6) is -0.273. The number of para-hydroxylation sites is 1. The van der Waals surface area contributed by atoms with Gasteiger partial charge in [0.1, 0.15) is 17.1 Å². The fraction of sp³-hybridized carbons (Fsp3) is 0.333. The van der Waals surface area contributed by atoms with E-state index in [-0.39, 0.29) is 24.3 Å². The van der Waals surface area contributed by atoms with Gasteiger partial charge in [-0.2, -0.15) is 0 Å². The van der Waals surface area contributed by atoms with Gasteiger partial charge in [0.15, 0.2) is 0 Å². The van der Waals surface area contributed by atoms with Gasteiger partial charge in [0, 0.05) is 25.0 Å². The van der Waals surface area contributed by atoms with E-state index in [2.05, 4.69) is 9.97 Å². The second-order valence-corrected chi connectivity index (χ2v) is 8.65. The van der Waals surface area contributed by atoms with Crippen LogP contribution >= 0.6 is 11.3 Å². The van der Waals surface area contributed by atoms with Gasteiger partial charge in [-0.3, -0.25) is 14.4 Å². The number of hydrogen-bond acceptors (Lipinski definition) is 5. The fourth-order valence-corrected chi connectivity index (χ4v) is 5.70. The van der Waals surface area contributed by atoms with Crippen molar-refractivity contribution in [3.63, 3.8) is 0 Å². The predicted octanol–water partition coefficient (Wildman–Crippen LogP) is 2.26. The van der Waals surface area contributed by atoms with Crippen LogP contribution in [0.25, 0.3) is 11.0 Å². The number of likely N-dealkylation sites (N-methyl/N-ethyl adjacent to an activating group) is 2. The highest BCUT2D eigenvalue weighted by atomic mass is 32.1. The van der Waals surface area contributed by atoms with Crippen molar-refractivity contribution in [3.8, 4) is 0 Å². The third-order valence-corrected chi connectivity index (χ3v) is 7.04. The second-order valence-electron chi connectivity index (χ2n) is 7.56. The third kappa shape index (κ3) is 2.72. The maximum atomic E-state index is 13.2. The quantitative estimate of drug-likeness (QED) is 0.685. The molecule has 9 heteroatoms. The molecule has 3 aromatic rings. The number of nitrogens with one attached hydrogen (secondary N) is 1. The van der Waals surface area contributed by atoms with Crippen molar-refractivity contribution >= 4 is 45.1 Å². The summed E-state index contributed by atoms with van der Waals surface area (Å²) >= 11 is 1.46. The SMILES string of the molecule is CCN1C(=O)CN(C)C(=O)c2c1sc1c2CCN(C(=O)c2cccc3[nH]cnc23)C1. The number of benzene rings is 1. The summed E-state index contributed by atoms with van der Waals surface area (Å²) < 4.78 is 0. The molecule has 30 heavy (non-hydrogen) atoms. The van der Waals surface area contributed by atoms with Gasteiger partial charge in [-0.1, -0.05) is 6.07 Å². The largest absolute Gasteiger partial charge is 0.345 e. The summed E-state index contributed by atoms with van der Waals surface area (Å²) in [6.45, 7) is 3.45. The molecule has 4 heterocycles. The van der Waals surface area contributed by atoms with E-state index in [9.17, 15) is 14.4 Å². The van der Waals surface area contributed by atoms with Crippen LogP contribution < -0.4 is 4.90 Å². The number of fused-ring (bicyclic) bond motifs is 4. The number of amides is 3. The van der Waals surface area contributed by atoms with Gasteiger partial charge in [-0.15, -0.1) is 11.3 Å². The zero-order valence-electron chi connectivity index (χ0n) is 16.8. The summed E-state index contributed by atoms with van der Waals surface area (Å²) in [6.07, 6.45) is 2.18. The smallest absolute Gasteiger partial charge is 0.257 e. The number of H-pyrrole nitrogens is 1. The Hall–Kier alpha value is -3.20. The van der Waals surface area contributed by atoms with E-state index in [1.165, 1.54) is 16.2 Å². The number of hydrogen-bond donors (Lipinski definition) is 1. The summed E-state index contributed by atoms with van der Waals surface area (Å²) in [5, 5.41) is 0.713. The molecule has 3 amide bonds. The Balaban J connectivity index is 1.52. The van der Waals surface area contributed by atoms with Crippen LogP contribution in [0, 0.1) is 0 Å². The van der Waals surface area contributed by atoms with Gasteiger partial charge in [0.2, 0.25) is 5.91 Å². The highest BCUT2D eigenvalue weighted by Crippen LogP contribution is 2.41. The van der Waals surface area contributed by atoms with Crippen molar-refractivity contribution in [1.82, 2.24) is 19.8 Å². The van der Waals surface area contributed by atoms with Gasteiger partial charge in [-0.25, -0.2) is 4.98 Å². The molecule has 1 N–H and O–H groups in total. The maximum absolute atomic E-state index is 13.2. The fourth-order valence-electron chi connectivity index (χ4n) is 4.27. The predicted molar refractivity (Wildman–Crippen MR) is 114 cm³/mol. The molecule has 0 saturated carbocycles. The Morgan fingerprint density at radius 3 is 2.90 bits per heavy atom.